The molecule has 2 rings (SSSR count). The van der Waals surface area contributed by atoms with Gasteiger partial charge in [0.05, 0.1) is 6.54 Å². The minimum Gasteiger partial charge on any atom is -0.315 e. The van der Waals surface area contributed by atoms with Gasteiger partial charge in [-0.3, -0.25) is 4.68 Å². The van der Waals surface area contributed by atoms with E-state index in [0.717, 1.165) is 31.1 Å². The van der Waals surface area contributed by atoms with Gasteiger partial charge >= 0.3 is 0 Å². The van der Waals surface area contributed by atoms with Gasteiger partial charge in [-0.05, 0) is 30.7 Å². The van der Waals surface area contributed by atoms with Crippen molar-refractivity contribution in [2.75, 3.05) is 13.1 Å². The lowest BCUT2D eigenvalue weighted by Crippen LogP contribution is -2.22. The molecule has 0 spiro atoms. The number of nitrogens with one attached hydrogen (secondary N) is 1. The van der Waals surface area contributed by atoms with E-state index >= 15 is 0 Å². The second kappa shape index (κ2) is 6.42. The zero-order valence-corrected chi connectivity index (χ0v) is 10.4. The first kappa shape index (κ1) is 12.1. The van der Waals surface area contributed by atoms with E-state index in [4.69, 9.17) is 11.6 Å². The summed E-state index contributed by atoms with van der Waals surface area (Å²) < 4.78 is 1.92. The molecule has 0 saturated heterocycles. The van der Waals surface area contributed by atoms with Crippen LogP contribution in [0, 0.1) is 0 Å². The van der Waals surface area contributed by atoms with Crippen molar-refractivity contribution in [2.45, 2.75) is 13.0 Å². The largest absolute Gasteiger partial charge is 0.315 e. The Hall–Kier alpha value is -1.32. The van der Waals surface area contributed by atoms with Gasteiger partial charge in [0.2, 0.25) is 0 Å². The summed E-state index contributed by atoms with van der Waals surface area (Å²) in [6, 6.07) is 9.91. The molecule has 0 fully saturated rings. The van der Waals surface area contributed by atoms with Crippen molar-refractivity contribution in [3.63, 3.8) is 0 Å². The lowest BCUT2D eigenvalue weighted by atomic mass is 10.1. The molecule has 1 aromatic carbocycles. The van der Waals surface area contributed by atoms with Gasteiger partial charge in [-0.2, -0.15) is 5.10 Å². The maximum Gasteiger partial charge on any atom is 0.0533 e. The summed E-state index contributed by atoms with van der Waals surface area (Å²) in [6.07, 6.45) is 4.72. The topological polar surface area (TPSA) is 29.9 Å². The Labute approximate surface area is 106 Å². The highest BCUT2D eigenvalue weighted by molar-refractivity contribution is 6.31. The van der Waals surface area contributed by atoms with E-state index in [-0.39, 0.29) is 0 Å². The fourth-order valence-corrected chi connectivity index (χ4v) is 1.91. The maximum absolute atomic E-state index is 6.08. The molecule has 0 aliphatic heterocycles. The molecule has 0 aliphatic carbocycles. The fraction of sp³-hybridized carbons (Fsp3) is 0.308. The summed E-state index contributed by atoms with van der Waals surface area (Å²) in [5.41, 5.74) is 1.20. The minimum absolute atomic E-state index is 0.848. The number of rotatable bonds is 6. The summed E-state index contributed by atoms with van der Waals surface area (Å²) in [5.74, 6) is 0. The van der Waals surface area contributed by atoms with E-state index in [1.54, 1.807) is 6.20 Å². The van der Waals surface area contributed by atoms with Gasteiger partial charge < -0.3 is 5.32 Å². The molecular weight excluding hydrogens is 234 g/mol. The number of hydrogen-bond acceptors (Lipinski definition) is 2. The van der Waals surface area contributed by atoms with E-state index in [1.165, 1.54) is 5.56 Å². The van der Waals surface area contributed by atoms with Crippen LogP contribution < -0.4 is 5.32 Å². The molecule has 1 N–H and O–H groups in total. The molecule has 17 heavy (non-hydrogen) atoms. The highest BCUT2D eigenvalue weighted by atomic mass is 35.5. The first-order valence-corrected chi connectivity index (χ1v) is 6.15. The quantitative estimate of drug-likeness (QED) is 0.797. The van der Waals surface area contributed by atoms with E-state index in [9.17, 15) is 0 Å². The average Bonchev–Trinajstić information content (AvgIpc) is 2.84. The van der Waals surface area contributed by atoms with Crippen molar-refractivity contribution in [1.29, 1.82) is 0 Å². The Morgan fingerprint density at radius 1 is 1.18 bits per heavy atom. The van der Waals surface area contributed by atoms with Crippen molar-refractivity contribution in [3.05, 3.63) is 53.3 Å². The predicted octanol–water partition coefficient (Wildman–Crippen LogP) is 2.37. The van der Waals surface area contributed by atoms with Gasteiger partial charge in [0.1, 0.15) is 0 Å². The lowest BCUT2D eigenvalue weighted by Gasteiger charge is -2.06. The first-order chi connectivity index (χ1) is 8.36. The second-order valence-corrected chi connectivity index (χ2v) is 4.27. The van der Waals surface area contributed by atoms with E-state index in [1.807, 2.05) is 35.1 Å². The van der Waals surface area contributed by atoms with Gasteiger partial charge in [-0.15, -0.1) is 0 Å². The predicted molar refractivity (Wildman–Crippen MR) is 70.3 cm³/mol. The molecule has 3 nitrogen and oxygen atoms in total. The van der Waals surface area contributed by atoms with Gasteiger partial charge in [0.15, 0.2) is 0 Å². The molecule has 0 atom stereocenters. The zero-order valence-electron chi connectivity index (χ0n) is 9.64. The van der Waals surface area contributed by atoms with E-state index in [0.29, 0.717) is 0 Å². The summed E-state index contributed by atoms with van der Waals surface area (Å²) in [7, 11) is 0. The van der Waals surface area contributed by atoms with Crippen LogP contribution in [0.1, 0.15) is 5.56 Å². The van der Waals surface area contributed by atoms with Crippen LogP contribution in [0.25, 0.3) is 0 Å². The Morgan fingerprint density at radius 2 is 2.06 bits per heavy atom. The van der Waals surface area contributed by atoms with Crippen molar-refractivity contribution >= 4 is 11.6 Å². The number of nitrogens with zero attached hydrogens (tertiary/aromatic N) is 2. The number of aromatic nitrogens is 2. The molecule has 1 aromatic heterocycles. The third-order valence-electron chi connectivity index (χ3n) is 2.61. The average molecular weight is 250 g/mol. The smallest absolute Gasteiger partial charge is 0.0533 e. The fourth-order valence-electron chi connectivity index (χ4n) is 1.68. The highest BCUT2D eigenvalue weighted by Gasteiger charge is 1.98. The van der Waals surface area contributed by atoms with Crippen LogP contribution in [0.4, 0.5) is 0 Å². The van der Waals surface area contributed by atoms with Crippen LogP contribution in [0.15, 0.2) is 42.7 Å². The van der Waals surface area contributed by atoms with Crippen molar-refractivity contribution in [1.82, 2.24) is 15.1 Å². The normalized spacial score (nSPS) is 10.6. The van der Waals surface area contributed by atoms with E-state index < -0.39 is 0 Å². The molecule has 90 valence electrons. The molecule has 0 aliphatic rings. The summed E-state index contributed by atoms with van der Waals surface area (Å²) in [6.45, 7) is 2.76. The molecule has 0 saturated carbocycles. The zero-order chi connectivity index (χ0) is 11.9. The lowest BCUT2D eigenvalue weighted by molar-refractivity contribution is 0.556. The van der Waals surface area contributed by atoms with Gasteiger partial charge in [-0.25, -0.2) is 0 Å². The van der Waals surface area contributed by atoms with Crippen LogP contribution in [0.3, 0.4) is 0 Å². The summed E-state index contributed by atoms with van der Waals surface area (Å²) in [4.78, 5) is 0. The van der Waals surface area contributed by atoms with Crippen molar-refractivity contribution in [3.8, 4) is 0 Å². The van der Waals surface area contributed by atoms with Crippen LogP contribution in [-0.4, -0.2) is 22.9 Å². The van der Waals surface area contributed by atoms with Crippen LogP contribution in [-0.2, 0) is 13.0 Å². The Balaban J connectivity index is 1.65. The number of benzene rings is 1. The SMILES string of the molecule is Clc1ccccc1CCNCCn1cccn1. The highest BCUT2D eigenvalue weighted by Crippen LogP contribution is 2.14. The third kappa shape index (κ3) is 3.88. The Bertz CT molecular complexity index is 440. The molecule has 0 bridgehead atoms. The summed E-state index contributed by atoms with van der Waals surface area (Å²) >= 11 is 6.08. The summed E-state index contributed by atoms with van der Waals surface area (Å²) in [5, 5.41) is 8.37. The van der Waals surface area contributed by atoms with Gasteiger partial charge in [0, 0.05) is 24.0 Å². The monoisotopic (exact) mass is 249 g/mol. The number of halogens is 1. The molecule has 0 radical (unpaired) electrons. The van der Waals surface area contributed by atoms with Gasteiger partial charge in [-0.1, -0.05) is 29.8 Å². The third-order valence-corrected chi connectivity index (χ3v) is 2.97. The molecule has 1 heterocycles. The van der Waals surface area contributed by atoms with Gasteiger partial charge in [0.25, 0.3) is 0 Å². The first-order valence-electron chi connectivity index (χ1n) is 5.78. The molecular formula is C13H16ClN3. The Kier molecular flexibility index (Phi) is 4.59. The van der Waals surface area contributed by atoms with Crippen LogP contribution in [0.2, 0.25) is 5.02 Å². The van der Waals surface area contributed by atoms with E-state index in [2.05, 4.69) is 16.5 Å². The molecule has 0 amide bonds. The maximum atomic E-state index is 6.08. The second-order valence-electron chi connectivity index (χ2n) is 3.86. The Morgan fingerprint density at radius 3 is 2.82 bits per heavy atom. The van der Waals surface area contributed by atoms with Crippen LogP contribution >= 0.6 is 11.6 Å². The van der Waals surface area contributed by atoms with Crippen molar-refractivity contribution < 1.29 is 0 Å². The molecule has 4 heteroatoms. The standard InChI is InChI=1S/C13H16ClN3/c14-13-5-2-1-4-12(13)6-8-15-9-11-17-10-3-7-16-17/h1-5,7,10,15H,6,8-9,11H2. The molecule has 2 aromatic rings. The van der Waals surface area contributed by atoms with Crippen LogP contribution in [0.5, 0.6) is 0 Å². The van der Waals surface area contributed by atoms with Crippen molar-refractivity contribution in [2.24, 2.45) is 0 Å². The molecule has 0 unspecified atom stereocenters. The number of hydrogen-bond donors (Lipinski definition) is 1. The minimum atomic E-state index is 0.848.